The zero-order valence-electron chi connectivity index (χ0n) is 8.53. The lowest BCUT2D eigenvalue weighted by Gasteiger charge is -2.35. The van der Waals surface area contributed by atoms with Gasteiger partial charge in [0.15, 0.2) is 0 Å². The van der Waals surface area contributed by atoms with Crippen LogP contribution in [0.1, 0.15) is 25.3 Å². The summed E-state index contributed by atoms with van der Waals surface area (Å²) in [6, 6.07) is 11.0. The molecule has 0 radical (unpaired) electrons. The van der Waals surface area contributed by atoms with Crippen LogP contribution in [0.15, 0.2) is 30.3 Å². The zero-order valence-corrected chi connectivity index (χ0v) is 10.2. The summed E-state index contributed by atoms with van der Waals surface area (Å²) in [4.78, 5) is 0. The Bertz CT molecular complexity index is 276. The van der Waals surface area contributed by atoms with E-state index in [2.05, 4.69) is 60.8 Å². The van der Waals surface area contributed by atoms with Crippen molar-refractivity contribution >= 4 is 23.5 Å². The van der Waals surface area contributed by atoms with Gasteiger partial charge >= 0.3 is 0 Å². The lowest BCUT2D eigenvalue weighted by atomic mass is 10.1. The maximum absolute atomic E-state index is 2.30. The monoisotopic (exact) mass is 224 g/mol. The first-order chi connectivity index (χ1) is 6.87. The summed E-state index contributed by atoms with van der Waals surface area (Å²) in [5, 5.41) is 0. The summed E-state index contributed by atoms with van der Waals surface area (Å²) in [6.07, 6.45) is 2.59. The quantitative estimate of drug-likeness (QED) is 0.741. The van der Waals surface area contributed by atoms with Crippen molar-refractivity contribution in [3.63, 3.8) is 0 Å². The number of hydrogen-bond acceptors (Lipinski definition) is 2. The molecule has 1 fully saturated rings. The standard InChI is InChI=1S/C12H16S2/c1-2-12(13-9-6-10-14-12)11-7-4-3-5-8-11/h3-5,7-8H,2,6,9-10H2,1H3. The van der Waals surface area contributed by atoms with Crippen molar-refractivity contribution in [3.05, 3.63) is 35.9 Å². The Hall–Kier alpha value is -0.0800. The molecular weight excluding hydrogens is 208 g/mol. The van der Waals surface area contributed by atoms with Crippen molar-refractivity contribution in [2.75, 3.05) is 11.5 Å². The van der Waals surface area contributed by atoms with Gasteiger partial charge in [-0.25, -0.2) is 0 Å². The van der Waals surface area contributed by atoms with Gasteiger partial charge in [0.25, 0.3) is 0 Å². The SMILES string of the molecule is CCC1(c2ccccc2)SCCCS1. The Kier molecular flexibility index (Phi) is 3.45. The predicted octanol–water partition coefficient (Wildman–Crippen LogP) is 4.12. The van der Waals surface area contributed by atoms with Crippen LogP contribution in [0.4, 0.5) is 0 Å². The molecule has 0 bridgehead atoms. The summed E-state index contributed by atoms with van der Waals surface area (Å²) < 4.78 is 0.347. The minimum atomic E-state index is 0.347. The fourth-order valence-corrected chi connectivity index (χ4v) is 5.11. The highest BCUT2D eigenvalue weighted by Gasteiger charge is 2.33. The van der Waals surface area contributed by atoms with Crippen molar-refractivity contribution in [1.82, 2.24) is 0 Å². The number of rotatable bonds is 2. The van der Waals surface area contributed by atoms with Crippen LogP contribution < -0.4 is 0 Å². The summed E-state index contributed by atoms with van der Waals surface area (Å²) in [5.41, 5.74) is 1.50. The number of benzene rings is 1. The molecule has 1 saturated heterocycles. The zero-order chi connectivity index (χ0) is 9.86. The van der Waals surface area contributed by atoms with Gasteiger partial charge in [-0.2, -0.15) is 0 Å². The molecule has 1 aliphatic rings. The molecule has 2 heteroatoms. The molecule has 0 amide bonds. The lowest BCUT2D eigenvalue weighted by Crippen LogP contribution is -2.21. The molecule has 0 unspecified atom stereocenters. The molecule has 0 atom stereocenters. The van der Waals surface area contributed by atoms with Crippen molar-refractivity contribution in [1.29, 1.82) is 0 Å². The Morgan fingerprint density at radius 1 is 1.14 bits per heavy atom. The van der Waals surface area contributed by atoms with E-state index in [1.165, 1.54) is 29.9 Å². The molecule has 1 aliphatic heterocycles. The molecule has 14 heavy (non-hydrogen) atoms. The third kappa shape index (κ3) is 1.96. The first kappa shape index (κ1) is 10.4. The summed E-state index contributed by atoms with van der Waals surface area (Å²) >= 11 is 4.25. The highest BCUT2D eigenvalue weighted by Crippen LogP contribution is 2.52. The van der Waals surface area contributed by atoms with Crippen molar-refractivity contribution in [2.24, 2.45) is 0 Å². The fourth-order valence-electron chi connectivity index (χ4n) is 1.84. The number of thioether (sulfide) groups is 2. The van der Waals surface area contributed by atoms with Crippen molar-refractivity contribution in [2.45, 2.75) is 23.8 Å². The van der Waals surface area contributed by atoms with E-state index in [4.69, 9.17) is 0 Å². The van der Waals surface area contributed by atoms with E-state index in [1.807, 2.05) is 0 Å². The third-order valence-electron chi connectivity index (χ3n) is 2.64. The Labute approximate surface area is 94.9 Å². The highest BCUT2D eigenvalue weighted by atomic mass is 32.2. The molecule has 0 saturated carbocycles. The van der Waals surface area contributed by atoms with Crippen LogP contribution in [0, 0.1) is 0 Å². The Balaban J connectivity index is 2.27. The fraction of sp³-hybridized carbons (Fsp3) is 0.500. The molecule has 0 aliphatic carbocycles. The molecule has 0 N–H and O–H groups in total. The van der Waals surface area contributed by atoms with Crippen LogP contribution in [0.3, 0.4) is 0 Å². The van der Waals surface area contributed by atoms with Crippen LogP contribution >= 0.6 is 23.5 Å². The van der Waals surface area contributed by atoms with Gasteiger partial charge in [-0.05, 0) is 29.9 Å². The van der Waals surface area contributed by atoms with Gasteiger partial charge in [-0.3, -0.25) is 0 Å². The van der Waals surface area contributed by atoms with Crippen LogP contribution in [-0.2, 0) is 4.08 Å². The average molecular weight is 224 g/mol. The lowest BCUT2D eigenvalue weighted by molar-refractivity contribution is 0.817. The second-order valence-electron chi connectivity index (χ2n) is 3.52. The molecule has 0 aromatic heterocycles. The van der Waals surface area contributed by atoms with E-state index in [0.717, 1.165) is 0 Å². The first-order valence-corrected chi connectivity index (χ1v) is 7.18. The summed E-state index contributed by atoms with van der Waals surface area (Å²) in [6.45, 7) is 2.30. The van der Waals surface area contributed by atoms with E-state index < -0.39 is 0 Å². The molecule has 76 valence electrons. The molecule has 1 heterocycles. The van der Waals surface area contributed by atoms with Gasteiger partial charge in [0.05, 0.1) is 4.08 Å². The van der Waals surface area contributed by atoms with E-state index in [9.17, 15) is 0 Å². The van der Waals surface area contributed by atoms with Crippen LogP contribution in [0.5, 0.6) is 0 Å². The first-order valence-electron chi connectivity index (χ1n) is 5.21. The Morgan fingerprint density at radius 3 is 2.36 bits per heavy atom. The molecule has 2 rings (SSSR count). The second-order valence-corrected chi connectivity index (χ2v) is 6.57. The van der Waals surface area contributed by atoms with Crippen LogP contribution in [0.25, 0.3) is 0 Å². The maximum Gasteiger partial charge on any atom is 0.0857 e. The van der Waals surface area contributed by atoms with Gasteiger partial charge in [-0.15, -0.1) is 23.5 Å². The van der Waals surface area contributed by atoms with Gasteiger partial charge in [0, 0.05) is 0 Å². The van der Waals surface area contributed by atoms with Crippen molar-refractivity contribution in [3.8, 4) is 0 Å². The van der Waals surface area contributed by atoms with Gasteiger partial charge in [0.2, 0.25) is 0 Å². The van der Waals surface area contributed by atoms with Gasteiger partial charge < -0.3 is 0 Å². The predicted molar refractivity (Wildman–Crippen MR) is 67.9 cm³/mol. The summed E-state index contributed by atoms with van der Waals surface area (Å²) in [5.74, 6) is 2.63. The van der Waals surface area contributed by atoms with E-state index in [-0.39, 0.29) is 0 Å². The maximum atomic E-state index is 2.30. The van der Waals surface area contributed by atoms with Gasteiger partial charge in [-0.1, -0.05) is 37.3 Å². The summed E-state index contributed by atoms with van der Waals surface area (Å²) in [7, 11) is 0. The van der Waals surface area contributed by atoms with E-state index in [1.54, 1.807) is 0 Å². The molecular formula is C12H16S2. The van der Waals surface area contributed by atoms with Gasteiger partial charge in [0.1, 0.15) is 0 Å². The molecule has 1 aromatic rings. The Morgan fingerprint density at radius 2 is 1.79 bits per heavy atom. The van der Waals surface area contributed by atoms with Crippen LogP contribution in [-0.4, -0.2) is 11.5 Å². The normalized spacial score (nSPS) is 20.6. The minimum absolute atomic E-state index is 0.347. The molecule has 1 aromatic carbocycles. The van der Waals surface area contributed by atoms with Crippen molar-refractivity contribution < 1.29 is 0 Å². The average Bonchev–Trinajstić information content (AvgIpc) is 2.31. The topological polar surface area (TPSA) is 0 Å². The largest absolute Gasteiger partial charge is 0.139 e. The molecule has 0 nitrogen and oxygen atoms in total. The minimum Gasteiger partial charge on any atom is -0.139 e. The third-order valence-corrected chi connectivity index (χ3v) is 6.31. The molecule has 0 spiro atoms. The smallest absolute Gasteiger partial charge is 0.0857 e. The van der Waals surface area contributed by atoms with Crippen LogP contribution in [0.2, 0.25) is 0 Å². The number of hydrogen-bond donors (Lipinski definition) is 0. The van der Waals surface area contributed by atoms with E-state index in [0.29, 0.717) is 4.08 Å². The van der Waals surface area contributed by atoms with E-state index >= 15 is 0 Å². The second kappa shape index (κ2) is 4.63. The highest BCUT2D eigenvalue weighted by molar-refractivity contribution is 8.18.